The highest BCUT2D eigenvalue weighted by Gasteiger charge is 2.30. The van der Waals surface area contributed by atoms with E-state index in [-0.39, 0.29) is 25.5 Å². The van der Waals surface area contributed by atoms with Crippen LogP contribution in [0.5, 0.6) is 11.5 Å². The molecule has 0 N–H and O–H groups in total. The van der Waals surface area contributed by atoms with Gasteiger partial charge in [0.25, 0.3) is 0 Å². The molecule has 12 nitrogen and oxygen atoms in total. The van der Waals surface area contributed by atoms with E-state index in [0.717, 1.165) is 49.3 Å². The summed E-state index contributed by atoms with van der Waals surface area (Å²) < 4.78 is 65.1. The predicted molar refractivity (Wildman–Crippen MR) is 251 cm³/mol. The fourth-order valence-corrected chi connectivity index (χ4v) is 10.3. The zero-order chi connectivity index (χ0) is 45.2. The Labute approximate surface area is 384 Å². The maximum absolute atomic E-state index is 14.5. The molecule has 7 rings (SSSR count). The fraction of sp³-hybridized carbons (Fsp3) is 0.326. The van der Waals surface area contributed by atoms with Crippen LogP contribution in [-0.4, -0.2) is 69.4 Å². The number of fused-ring (bicyclic) bond motifs is 2. The maximum atomic E-state index is 14.5. The second kappa shape index (κ2) is 19.5. The van der Waals surface area contributed by atoms with Crippen LogP contribution in [0.1, 0.15) is 57.7 Å². The number of aryl methyl sites for hydroxylation is 4. The van der Waals surface area contributed by atoms with Crippen LogP contribution in [0.3, 0.4) is 0 Å². The molecular weight excluding hydrogens is 931 g/mol. The van der Waals surface area contributed by atoms with Gasteiger partial charge in [0.1, 0.15) is 23.0 Å². The third-order valence-electron chi connectivity index (χ3n) is 11.1. The number of methoxy groups -OCH3 is 1. The molecule has 3 aromatic heterocycles. The first kappa shape index (κ1) is 46.1. The Hall–Kier alpha value is -4.87. The summed E-state index contributed by atoms with van der Waals surface area (Å²) in [6.07, 6.45) is 2.15. The Bertz CT molecular complexity index is 2930. The Morgan fingerprint density at radius 2 is 1.70 bits per heavy atom. The average Bonchev–Trinajstić information content (AvgIpc) is 3.85. The van der Waals surface area contributed by atoms with E-state index in [1.54, 1.807) is 54.3 Å². The normalized spacial score (nSPS) is 11.9. The summed E-state index contributed by atoms with van der Waals surface area (Å²) in [5.74, 6) is 1.32. The number of halogens is 3. The summed E-state index contributed by atoms with van der Waals surface area (Å²) >= 11 is 12.2. The topological polar surface area (TPSA) is 123 Å². The monoisotopic (exact) mass is 978 g/mol. The number of hydrogen-bond donors (Lipinski definition) is 0. The zero-order valence-corrected chi connectivity index (χ0v) is 40.1. The molecule has 0 atom stereocenters. The fourth-order valence-electron chi connectivity index (χ4n) is 7.88. The van der Waals surface area contributed by atoms with Crippen molar-refractivity contribution in [1.82, 2.24) is 28.4 Å². The van der Waals surface area contributed by atoms with Crippen molar-refractivity contribution in [3.8, 4) is 22.6 Å². The van der Waals surface area contributed by atoms with Crippen molar-refractivity contribution in [2.45, 2.75) is 55.8 Å². The molecule has 3 heterocycles. The number of thioether (sulfide) groups is 1. The van der Waals surface area contributed by atoms with E-state index in [0.29, 0.717) is 75.0 Å². The number of sulfonamides is 1. The minimum atomic E-state index is -3.73. The molecule has 7 aromatic rings. The summed E-state index contributed by atoms with van der Waals surface area (Å²) in [5, 5.41) is 12.7. The largest absolute Gasteiger partial charge is 0.497 e. The maximum Gasteiger partial charge on any atom is 0.355 e. The molecule has 0 fully saturated rings. The average molecular weight is 980 g/mol. The molecule has 0 spiro atoms. The molecule has 332 valence electrons. The van der Waals surface area contributed by atoms with E-state index >= 15 is 0 Å². The third kappa shape index (κ3) is 9.95. The number of benzene rings is 4. The molecule has 17 heteroatoms. The van der Waals surface area contributed by atoms with Gasteiger partial charge < -0.3 is 18.8 Å². The minimum absolute atomic E-state index is 0.0373. The van der Waals surface area contributed by atoms with Gasteiger partial charge in [0, 0.05) is 70.4 Å². The van der Waals surface area contributed by atoms with Gasteiger partial charge in [-0.05, 0) is 97.8 Å². The lowest BCUT2D eigenvalue weighted by Gasteiger charge is -2.19. The molecule has 0 aliphatic carbocycles. The summed E-state index contributed by atoms with van der Waals surface area (Å²) in [4.78, 5) is 14.8. The van der Waals surface area contributed by atoms with Crippen molar-refractivity contribution in [1.29, 1.82) is 0 Å². The first-order valence-corrected chi connectivity index (χ1v) is 24.6. The number of hydrogen-bond acceptors (Lipinski definition) is 9. The van der Waals surface area contributed by atoms with Crippen molar-refractivity contribution >= 4 is 77.0 Å². The van der Waals surface area contributed by atoms with Crippen molar-refractivity contribution in [2.24, 2.45) is 21.1 Å². The highest BCUT2D eigenvalue weighted by atomic mass is 79.9. The SMILES string of the molecule is CCOC(=O)c1c(CCCOc2cc(SCc3ccc(OC)cc3)cc3cc(F)ccc23)c2ccc(Cl)c(-c3c(CN(Cc4cc(CBr)n(C)n4)S(C)(=O)=O)nn(C)c3C)c2n1C. The highest BCUT2D eigenvalue weighted by molar-refractivity contribution is 9.08. The van der Waals surface area contributed by atoms with Crippen LogP contribution in [0, 0.1) is 12.7 Å². The quantitative estimate of drug-likeness (QED) is 0.0358. The molecular formula is C46H49BrClFN6O6S2. The number of carbonyl (C=O) groups is 1. The second-order valence-electron chi connectivity index (χ2n) is 15.2. The van der Waals surface area contributed by atoms with Gasteiger partial charge in [-0.1, -0.05) is 45.7 Å². The molecule has 0 aliphatic heterocycles. The van der Waals surface area contributed by atoms with Crippen molar-refractivity contribution in [3.63, 3.8) is 0 Å². The lowest BCUT2D eigenvalue weighted by molar-refractivity contribution is 0.0514. The highest BCUT2D eigenvalue weighted by Crippen LogP contribution is 2.43. The number of carbonyl (C=O) groups excluding carboxylic acids is 1. The summed E-state index contributed by atoms with van der Waals surface area (Å²) in [7, 11) is 3.34. The van der Waals surface area contributed by atoms with Crippen LogP contribution < -0.4 is 9.47 Å². The van der Waals surface area contributed by atoms with Gasteiger partial charge in [0.2, 0.25) is 10.0 Å². The van der Waals surface area contributed by atoms with Crippen molar-refractivity contribution < 1.29 is 31.8 Å². The molecule has 63 heavy (non-hydrogen) atoms. The number of nitrogens with zero attached hydrogens (tertiary/aromatic N) is 6. The summed E-state index contributed by atoms with van der Waals surface area (Å²) in [6, 6.07) is 22.1. The van der Waals surface area contributed by atoms with Crippen molar-refractivity contribution in [3.05, 3.63) is 123 Å². The van der Waals surface area contributed by atoms with E-state index in [2.05, 4.69) is 21.0 Å². The van der Waals surface area contributed by atoms with Gasteiger partial charge in [-0.25, -0.2) is 17.6 Å². The summed E-state index contributed by atoms with van der Waals surface area (Å²) in [5.41, 5.74) is 7.01. The molecule has 0 aliphatic rings. The Morgan fingerprint density at radius 3 is 2.38 bits per heavy atom. The van der Waals surface area contributed by atoms with Crippen LogP contribution in [0.4, 0.5) is 4.39 Å². The first-order chi connectivity index (χ1) is 30.1. The van der Waals surface area contributed by atoms with E-state index in [9.17, 15) is 17.6 Å². The van der Waals surface area contributed by atoms with Gasteiger partial charge in [0.05, 0.1) is 61.6 Å². The van der Waals surface area contributed by atoms with Crippen LogP contribution >= 0.6 is 39.3 Å². The lowest BCUT2D eigenvalue weighted by Crippen LogP contribution is -2.29. The predicted octanol–water partition coefficient (Wildman–Crippen LogP) is 9.91. The van der Waals surface area contributed by atoms with Gasteiger partial charge in [-0.3, -0.25) is 9.36 Å². The zero-order valence-electron chi connectivity index (χ0n) is 36.2. The van der Waals surface area contributed by atoms with Crippen LogP contribution in [-0.2, 0) is 66.5 Å². The van der Waals surface area contributed by atoms with Crippen LogP contribution in [0.15, 0.2) is 77.7 Å². The van der Waals surface area contributed by atoms with Gasteiger partial charge in [-0.15, -0.1) is 11.8 Å². The Balaban J connectivity index is 1.21. The van der Waals surface area contributed by atoms with E-state index in [1.165, 1.54) is 22.7 Å². The molecule has 0 bridgehead atoms. The molecule has 0 saturated heterocycles. The van der Waals surface area contributed by atoms with E-state index in [1.807, 2.05) is 74.1 Å². The minimum Gasteiger partial charge on any atom is -0.497 e. The summed E-state index contributed by atoms with van der Waals surface area (Å²) in [6.45, 7) is 4.14. The van der Waals surface area contributed by atoms with Crippen molar-refractivity contribution in [2.75, 3.05) is 26.6 Å². The molecule has 0 radical (unpaired) electrons. The van der Waals surface area contributed by atoms with Gasteiger partial charge >= 0.3 is 5.97 Å². The van der Waals surface area contributed by atoms with Crippen LogP contribution in [0.25, 0.3) is 32.8 Å². The molecule has 0 saturated carbocycles. The first-order valence-electron chi connectivity index (χ1n) is 20.3. The number of rotatable bonds is 18. The Kier molecular flexibility index (Phi) is 14.3. The molecule has 4 aromatic carbocycles. The molecule has 0 amide bonds. The smallest absolute Gasteiger partial charge is 0.355 e. The van der Waals surface area contributed by atoms with E-state index < -0.39 is 16.0 Å². The number of ether oxygens (including phenoxy) is 3. The van der Waals surface area contributed by atoms with E-state index in [4.69, 9.17) is 30.9 Å². The third-order valence-corrected chi connectivity index (χ3v) is 14.2. The van der Waals surface area contributed by atoms with Crippen LogP contribution in [0.2, 0.25) is 5.02 Å². The number of alkyl halides is 1. The second-order valence-corrected chi connectivity index (χ2v) is 19.2. The number of aromatic nitrogens is 5. The Morgan fingerprint density at radius 1 is 0.952 bits per heavy atom. The van der Waals surface area contributed by atoms with Gasteiger partial charge in [0.15, 0.2) is 0 Å². The molecule has 0 unspecified atom stereocenters. The standard InChI is InChI=1S/C46H49BrClFN6O6S2/c1-8-60-46(56)45-37(10-9-19-61-41-23-35(21-30-20-31(49)13-16-36(30)41)62-27-29-11-14-34(59-6)15-12-29)38-17-18-39(48)43(44(38)52(45)3)42-28(2)53(4)51-40(42)26-55(63(7,57)58)25-32-22-33(24-47)54(5)50-32/h11-18,20-23H,8-10,19,24-27H2,1-7H3. The van der Waals surface area contributed by atoms with Gasteiger partial charge in [-0.2, -0.15) is 14.5 Å². The number of esters is 1. The lowest BCUT2D eigenvalue weighted by atomic mass is 9.98.